The molecule has 1 aromatic carbocycles. The summed E-state index contributed by atoms with van der Waals surface area (Å²) in [6.07, 6.45) is -3.95. The van der Waals surface area contributed by atoms with Crippen LogP contribution in [-0.2, 0) is 20.8 Å². The fraction of sp³-hybridized carbons (Fsp3) is 0.500. The standard InChI is InChI=1S/C16H19FN2O5S/c1-18-15(21)24-16-19-12-11(17)13(10(7-20)23-14(12)25-16)22-8-9-5-3-2-4-6-9/h2-6,10-14,20H,7-8H2,1H3,(H,18,21)/t10-,11-,12-,13+,14-/m1/s1. The van der Waals surface area contributed by atoms with Crippen molar-refractivity contribution in [3.63, 3.8) is 0 Å². The highest BCUT2D eigenvalue weighted by atomic mass is 32.2. The molecule has 2 N–H and O–H groups in total. The molecular formula is C16H19FN2O5S. The zero-order chi connectivity index (χ0) is 17.8. The van der Waals surface area contributed by atoms with Gasteiger partial charge in [-0.05, 0) is 17.3 Å². The van der Waals surface area contributed by atoms with E-state index in [4.69, 9.17) is 14.2 Å². The van der Waals surface area contributed by atoms with Crippen molar-refractivity contribution in [3.8, 4) is 0 Å². The van der Waals surface area contributed by atoms with Crippen molar-refractivity contribution in [2.45, 2.75) is 36.5 Å². The average Bonchev–Trinajstić information content (AvgIpc) is 3.04. The molecule has 1 fully saturated rings. The topological polar surface area (TPSA) is 89.4 Å². The van der Waals surface area contributed by atoms with E-state index < -0.39 is 36.0 Å². The lowest BCUT2D eigenvalue weighted by Gasteiger charge is -2.38. The van der Waals surface area contributed by atoms with Crippen LogP contribution in [0.1, 0.15) is 5.56 Å². The van der Waals surface area contributed by atoms with E-state index in [9.17, 15) is 14.3 Å². The van der Waals surface area contributed by atoms with Crippen molar-refractivity contribution in [2.24, 2.45) is 4.99 Å². The van der Waals surface area contributed by atoms with Gasteiger partial charge >= 0.3 is 6.09 Å². The molecule has 0 saturated carbocycles. The zero-order valence-electron chi connectivity index (χ0n) is 13.5. The van der Waals surface area contributed by atoms with Crippen LogP contribution in [0.2, 0.25) is 0 Å². The van der Waals surface area contributed by atoms with Crippen LogP contribution >= 0.6 is 11.8 Å². The molecule has 3 rings (SSSR count). The van der Waals surface area contributed by atoms with E-state index in [0.717, 1.165) is 17.3 Å². The number of fused-ring (bicyclic) bond motifs is 1. The van der Waals surface area contributed by atoms with Crippen molar-refractivity contribution in [1.82, 2.24) is 5.32 Å². The number of alkyl halides is 1. The fourth-order valence-corrected chi connectivity index (χ4v) is 3.71. The number of thioether (sulfide) groups is 1. The van der Waals surface area contributed by atoms with Crippen LogP contribution in [0.5, 0.6) is 0 Å². The molecule has 9 heteroatoms. The maximum Gasteiger partial charge on any atom is 0.414 e. The number of carbonyl (C=O) groups excluding carboxylic acids is 1. The Labute approximate surface area is 148 Å². The first-order chi connectivity index (χ1) is 12.1. The number of benzene rings is 1. The Morgan fingerprint density at radius 2 is 2.20 bits per heavy atom. The number of carbonyl (C=O) groups is 1. The molecule has 1 aromatic rings. The van der Waals surface area contributed by atoms with Gasteiger partial charge in [-0.25, -0.2) is 14.2 Å². The third kappa shape index (κ3) is 4.12. The van der Waals surface area contributed by atoms with Gasteiger partial charge in [-0.3, -0.25) is 0 Å². The number of hydrogen-bond acceptors (Lipinski definition) is 7. The third-order valence-electron chi connectivity index (χ3n) is 3.92. The predicted octanol–water partition coefficient (Wildman–Crippen LogP) is 1.45. The van der Waals surface area contributed by atoms with E-state index in [2.05, 4.69) is 10.3 Å². The number of nitrogens with zero attached hydrogens (tertiary/aromatic N) is 1. The third-order valence-corrected chi connectivity index (χ3v) is 4.93. The molecule has 0 bridgehead atoms. The minimum absolute atomic E-state index is 0.0393. The Kier molecular flexibility index (Phi) is 5.89. The number of amides is 1. The second-order valence-electron chi connectivity index (χ2n) is 5.57. The first kappa shape index (κ1) is 18.1. The molecule has 1 saturated heterocycles. The Morgan fingerprint density at radius 3 is 2.88 bits per heavy atom. The molecular weight excluding hydrogens is 351 g/mol. The van der Waals surface area contributed by atoms with Crippen LogP contribution in [0.25, 0.3) is 0 Å². The van der Waals surface area contributed by atoms with Gasteiger partial charge < -0.3 is 24.6 Å². The summed E-state index contributed by atoms with van der Waals surface area (Å²) in [5, 5.41) is 11.9. The number of halogens is 1. The number of nitrogens with one attached hydrogen (secondary N) is 1. The molecule has 0 spiro atoms. The molecule has 136 valence electrons. The quantitative estimate of drug-likeness (QED) is 0.834. The predicted molar refractivity (Wildman–Crippen MR) is 90.0 cm³/mol. The molecule has 2 aliphatic rings. The Hall–Kier alpha value is -1.68. The van der Waals surface area contributed by atoms with Crippen molar-refractivity contribution in [3.05, 3.63) is 35.9 Å². The van der Waals surface area contributed by atoms with E-state index >= 15 is 0 Å². The second-order valence-corrected chi connectivity index (χ2v) is 6.62. The van der Waals surface area contributed by atoms with Crippen LogP contribution in [0, 0.1) is 0 Å². The molecule has 0 unspecified atom stereocenters. The monoisotopic (exact) mass is 370 g/mol. The summed E-state index contributed by atoms with van der Waals surface area (Å²) in [6.45, 7) is -0.184. The maximum absolute atomic E-state index is 14.9. The Morgan fingerprint density at radius 1 is 1.44 bits per heavy atom. The van der Waals surface area contributed by atoms with E-state index in [1.54, 1.807) is 0 Å². The molecule has 1 amide bonds. The Balaban J connectivity index is 1.68. The number of aliphatic imine (C=N–C) groups is 1. The molecule has 0 aliphatic carbocycles. The highest BCUT2D eigenvalue weighted by molar-refractivity contribution is 8.14. The summed E-state index contributed by atoms with van der Waals surface area (Å²) < 4.78 is 31.3. The summed E-state index contributed by atoms with van der Waals surface area (Å²) >= 11 is 1.02. The van der Waals surface area contributed by atoms with Gasteiger partial charge in [0.2, 0.25) is 0 Å². The minimum atomic E-state index is -1.49. The first-order valence-electron chi connectivity index (χ1n) is 7.82. The molecule has 2 heterocycles. The van der Waals surface area contributed by atoms with Crippen LogP contribution in [0.15, 0.2) is 35.3 Å². The van der Waals surface area contributed by atoms with E-state index in [-0.39, 0.29) is 18.4 Å². The molecule has 5 atom stereocenters. The summed E-state index contributed by atoms with van der Waals surface area (Å²) in [7, 11) is 1.42. The fourth-order valence-electron chi connectivity index (χ4n) is 2.65. The summed E-state index contributed by atoms with van der Waals surface area (Å²) in [6, 6.07) is 8.49. The van der Waals surface area contributed by atoms with Crippen LogP contribution < -0.4 is 5.32 Å². The first-order valence-corrected chi connectivity index (χ1v) is 8.70. The van der Waals surface area contributed by atoms with Gasteiger partial charge in [-0.2, -0.15) is 0 Å². The van der Waals surface area contributed by atoms with Gasteiger partial charge in [0.15, 0.2) is 6.17 Å². The lowest BCUT2D eigenvalue weighted by molar-refractivity contribution is -0.171. The molecule has 0 radical (unpaired) electrons. The van der Waals surface area contributed by atoms with Gasteiger partial charge in [-0.1, -0.05) is 30.3 Å². The van der Waals surface area contributed by atoms with E-state index in [1.807, 2.05) is 30.3 Å². The van der Waals surface area contributed by atoms with Crippen molar-refractivity contribution < 1.29 is 28.5 Å². The SMILES string of the molecule is CNC(=O)OC1=N[C@@H]2[C@@H](F)[C@@H](OCc3ccccc3)[C@@H](CO)O[C@@H]2S1. The second kappa shape index (κ2) is 8.13. The van der Waals surface area contributed by atoms with Crippen molar-refractivity contribution >= 4 is 23.1 Å². The summed E-state index contributed by atoms with van der Waals surface area (Å²) in [4.78, 5) is 15.4. The molecule has 0 aromatic heterocycles. The molecule has 2 aliphatic heterocycles. The minimum Gasteiger partial charge on any atom is -0.394 e. The Bertz CT molecular complexity index is 632. The number of aliphatic hydroxyl groups is 1. The summed E-state index contributed by atoms with van der Waals surface area (Å²) in [5.41, 5.74) is 0.227. The largest absolute Gasteiger partial charge is 0.414 e. The van der Waals surface area contributed by atoms with E-state index in [0.29, 0.717) is 0 Å². The number of rotatable bonds is 4. The van der Waals surface area contributed by atoms with Gasteiger partial charge in [-0.15, -0.1) is 0 Å². The van der Waals surface area contributed by atoms with E-state index in [1.165, 1.54) is 7.05 Å². The van der Waals surface area contributed by atoms with Gasteiger partial charge in [0.05, 0.1) is 13.2 Å². The number of ether oxygens (including phenoxy) is 3. The maximum atomic E-state index is 14.9. The van der Waals surface area contributed by atoms with Gasteiger partial charge in [0.25, 0.3) is 5.23 Å². The lowest BCUT2D eigenvalue weighted by Crippen LogP contribution is -2.55. The average molecular weight is 370 g/mol. The highest BCUT2D eigenvalue weighted by Gasteiger charge is 2.51. The van der Waals surface area contributed by atoms with Gasteiger partial charge in [0.1, 0.15) is 23.7 Å². The lowest BCUT2D eigenvalue weighted by atomic mass is 9.99. The number of hydrogen-bond donors (Lipinski definition) is 2. The molecule has 25 heavy (non-hydrogen) atoms. The number of alkyl carbamates (subject to hydrolysis) is 1. The summed E-state index contributed by atoms with van der Waals surface area (Å²) in [5.74, 6) is 0. The van der Waals surface area contributed by atoms with Crippen molar-refractivity contribution in [2.75, 3.05) is 13.7 Å². The van der Waals surface area contributed by atoms with Crippen LogP contribution in [0.3, 0.4) is 0 Å². The smallest absolute Gasteiger partial charge is 0.394 e. The van der Waals surface area contributed by atoms with Crippen LogP contribution in [0.4, 0.5) is 9.18 Å². The van der Waals surface area contributed by atoms with Gasteiger partial charge in [0, 0.05) is 7.05 Å². The normalized spacial score (nSPS) is 31.2. The zero-order valence-corrected chi connectivity index (χ0v) is 14.3. The molecule has 7 nitrogen and oxygen atoms in total. The number of aliphatic hydroxyl groups excluding tert-OH is 1. The highest BCUT2D eigenvalue weighted by Crippen LogP contribution is 2.39. The van der Waals surface area contributed by atoms with Crippen LogP contribution in [-0.4, -0.2) is 59.9 Å². The van der Waals surface area contributed by atoms with Crippen molar-refractivity contribution in [1.29, 1.82) is 0 Å².